The lowest BCUT2D eigenvalue weighted by Gasteiger charge is -2.33. The van der Waals surface area contributed by atoms with Crippen molar-refractivity contribution in [2.45, 2.75) is 25.9 Å². The number of carbonyl (C=O) groups excluding carboxylic acids is 1. The molecule has 2 heterocycles. The molecule has 0 atom stereocenters. The summed E-state index contributed by atoms with van der Waals surface area (Å²) in [5.41, 5.74) is 1.42. The molecular formula is C28H25N3O4. The molecule has 7 nitrogen and oxygen atoms in total. The third kappa shape index (κ3) is 4.40. The van der Waals surface area contributed by atoms with E-state index in [1.54, 1.807) is 24.8 Å². The fourth-order valence-electron chi connectivity index (χ4n) is 4.10. The number of amides is 1. The molecule has 1 amide bonds. The second-order valence-electron chi connectivity index (χ2n) is 8.81. The van der Waals surface area contributed by atoms with Gasteiger partial charge in [-0.25, -0.2) is 4.68 Å². The van der Waals surface area contributed by atoms with Crippen LogP contribution in [0.4, 0.5) is 5.69 Å². The van der Waals surface area contributed by atoms with Crippen LogP contribution in [0.5, 0.6) is 11.5 Å². The minimum Gasteiger partial charge on any atom is -0.454 e. The average Bonchev–Trinajstić information content (AvgIpc) is 3.36. The molecule has 0 saturated carbocycles. The van der Waals surface area contributed by atoms with Crippen molar-refractivity contribution in [3.8, 4) is 22.8 Å². The van der Waals surface area contributed by atoms with Crippen LogP contribution in [0.1, 0.15) is 19.4 Å². The van der Waals surface area contributed by atoms with Crippen LogP contribution in [-0.2, 0) is 16.9 Å². The van der Waals surface area contributed by atoms with Crippen molar-refractivity contribution >= 4 is 11.6 Å². The number of nitrogens with zero attached hydrogens (tertiary/aromatic N) is 3. The van der Waals surface area contributed by atoms with Gasteiger partial charge in [-0.2, -0.15) is 5.10 Å². The average molecular weight is 468 g/mol. The van der Waals surface area contributed by atoms with Crippen LogP contribution in [0.15, 0.2) is 95.8 Å². The third-order valence-electron chi connectivity index (χ3n) is 6.02. The summed E-state index contributed by atoms with van der Waals surface area (Å²) >= 11 is 0. The Morgan fingerprint density at radius 1 is 0.914 bits per heavy atom. The molecule has 0 spiro atoms. The molecule has 0 aliphatic carbocycles. The van der Waals surface area contributed by atoms with Crippen LogP contribution >= 0.6 is 0 Å². The Labute approximate surface area is 203 Å². The summed E-state index contributed by atoms with van der Waals surface area (Å²) in [6.07, 6.45) is 0. The van der Waals surface area contributed by atoms with E-state index < -0.39 is 5.54 Å². The van der Waals surface area contributed by atoms with Gasteiger partial charge in [-0.15, -0.1) is 0 Å². The van der Waals surface area contributed by atoms with Gasteiger partial charge in [-0.05, 0) is 55.8 Å². The standard InChI is InChI=1S/C28H25N3O4/c1-28(2,27(33)30(22-11-7-4-8-12-22)18-20-9-5-3-6-10-20)31-26(32)16-14-23(29-31)21-13-15-24-25(17-21)35-19-34-24/h3-17H,18-19H2,1-2H3. The van der Waals surface area contributed by atoms with E-state index in [1.165, 1.54) is 10.7 Å². The van der Waals surface area contributed by atoms with Crippen molar-refractivity contribution < 1.29 is 14.3 Å². The summed E-state index contributed by atoms with van der Waals surface area (Å²) in [5, 5.41) is 4.60. The van der Waals surface area contributed by atoms with E-state index in [9.17, 15) is 9.59 Å². The number of fused-ring (bicyclic) bond motifs is 1. The van der Waals surface area contributed by atoms with E-state index in [0.29, 0.717) is 23.7 Å². The zero-order valence-electron chi connectivity index (χ0n) is 19.5. The van der Waals surface area contributed by atoms with Crippen molar-refractivity contribution in [1.82, 2.24) is 9.78 Å². The maximum Gasteiger partial charge on any atom is 0.267 e. The molecular weight excluding hydrogens is 442 g/mol. The van der Waals surface area contributed by atoms with E-state index in [-0.39, 0.29) is 18.3 Å². The Kier molecular flexibility index (Phi) is 5.82. The third-order valence-corrected chi connectivity index (χ3v) is 6.02. The molecule has 0 saturated heterocycles. The van der Waals surface area contributed by atoms with Crippen LogP contribution < -0.4 is 19.9 Å². The number of rotatable bonds is 6. The second-order valence-corrected chi connectivity index (χ2v) is 8.81. The molecule has 5 rings (SSSR count). The molecule has 1 aliphatic heterocycles. The summed E-state index contributed by atoms with van der Waals surface area (Å²) < 4.78 is 12.1. The number of hydrogen-bond acceptors (Lipinski definition) is 5. The lowest BCUT2D eigenvalue weighted by molar-refractivity contribution is -0.126. The summed E-state index contributed by atoms with van der Waals surface area (Å²) in [4.78, 5) is 28.6. The van der Waals surface area contributed by atoms with Gasteiger partial charge < -0.3 is 14.4 Å². The number of anilines is 1. The van der Waals surface area contributed by atoms with Crippen LogP contribution in [-0.4, -0.2) is 22.5 Å². The van der Waals surface area contributed by atoms with Gasteiger partial charge in [0.1, 0.15) is 5.54 Å². The molecule has 3 aromatic carbocycles. The molecule has 0 bridgehead atoms. The van der Waals surface area contributed by atoms with Crippen molar-refractivity contribution in [3.63, 3.8) is 0 Å². The highest BCUT2D eigenvalue weighted by Crippen LogP contribution is 2.35. The fourth-order valence-corrected chi connectivity index (χ4v) is 4.10. The number of ether oxygens (including phenoxy) is 2. The van der Waals surface area contributed by atoms with Gasteiger partial charge >= 0.3 is 0 Å². The second kappa shape index (κ2) is 9.10. The minimum atomic E-state index is -1.26. The Morgan fingerprint density at radius 3 is 2.34 bits per heavy atom. The number of para-hydroxylation sites is 1. The number of carbonyl (C=O) groups is 1. The topological polar surface area (TPSA) is 73.7 Å². The molecule has 0 N–H and O–H groups in total. The summed E-state index contributed by atoms with van der Waals surface area (Å²) in [7, 11) is 0. The smallest absolute Gasteiger partial charge is 0.267 e. The van der Waals surface area contributed by atoms with Gasteiger partial charge in [0.15, 0.2) is 11.5 Å². The monoisotopic (exact) mass is 467 g/mol. The molecule has 176 valence electrons. The van der Waals surface area contributed by atoms with Crippen molar-refractivity contribution in [1.29, 1.82) is 0 Å². The molecule has 1 aromatic heterocycles. The van der Waals surface area contributed by atoms with E-state index in [4.69, 9.17) is 9.47 Å². The lowest BCUT2D eigenvalue weighted by atomic mass is 10.0. The SMILES string of the molecule is CC(C)(C(=O)N(Cc1ccccc1)c1ccccc1)n1nc(-c2ccc3c(c2)OCO3)ccc1=O. The van der Waals surface area contributed by atoms with Crippen LogP contribution in [0.2, 0.25) is 0 Å². The van der Waals surface area contributed by atoms with E-state index in [2.05, 4.69) is 5.10 Å². The van der Waals surface area contributed by atoms with Gasteiger partial charge in [-0.3, -0.25) is 9.59 Å². The molecule has 0 radical (unpaired) electrons. The highest BCUT2D eigenvalue weighted by Gasteiger charge is 2.37. The van der Waals surface area contributed by atoms with Gasteiger partial charge in [0, 0.05) is 17.3 Å². The molecule has 1 aliphatic rings. The molecule has 4 aromatic rings. The molecule has 35 heavy (non-hydrogen) atoms. The maximum atomic E-state index is 14.0. The predicted octanol–water partition coefficient (Wildman–Crippen LogP) is 4.61. The Hall–Kier alpha value is -4.39. The zero-order valence-corrected chi connectivity index (χ0v) is 19.5. The summed E-state index contributed by atoms with van der Waals surface area (Å²) in [5.74, 6) is 1.04. The number of aromatic nitrogens is 2. The number of benzene rings is 3. The van der Waals surface area contributed by atoms with Gasteiger partial charge in [0.25, 0.3) is 11.5 Å². The Bertz CT molecular complexity index is 1420. The van der Waals surface area contributed by atoms with Crippen molar-refractivity contribution in [2.24, 2.45) is 0 Å². The van der Waals surface area contributed by atoms with E-state index >= 15 is 0 Å². The lowest BCUT2D eigenvalue weighted by Crippen LogP contribution is -2.51. The molecule has 0 unspecified atom stereocenters. The first kappa shape index (κ1) is 22.4. The van der Waals surface area contributed by atoms with Crippen LogP contribution in [0.3, 0.4) is 0 Å². The van der Waals surface area contributed by atoms with E-state index in [1.807, 2.05) is 78.9 Å². The first-order valence-corrected chi connectivity index (χ1v) is 11.4. The molecule has 0 fully saturated rings. The predicted molar refractivity (Wildman–Crippen MR) is 133 cm³/mol. The van der Waals surface area contributed by atoms with Gasteiger partial charge in [0.05, 0.1) is 12.2 Å². The quantitative estimate of drug-likeness (QED) is 0.414. The summed E-state index contributed by atoms with van der Waals surface area (Å²) in [6.45, 7) is 3.97. The van der Waals surface area contributed by atoms with Crippen LogP contribution in [0, 0.1) is 0 Å². The Balaban J connectivity index is 1.53. The first-order valence-electron chi connectivity index (χ1n) is 11.4. The maximum absolute atomic E-state index is 14.0. The zero-order chi connectivity index (χ0) is 24.4. The highest BCUT2D eigenvalue weighted by atomic mass is 16.7. The first-order chi connectivity index (χ1) is 16.9. The molecule has 7 heteroatoms. The Morgan fingerprint density at radius 2 is 1.60 bits per heavy atom. The number of hydrogen-bond donors (Lipinski definition) is 0. The largest absolute Gasteiger partial charge is 0.454 e. The van der Waals surface area contributed by atoms with Gasteiger partial charge in [-0.1, -0.05) is 48.5 Å². The summed E-state index contributed by atoms with van der Waals surface area (Å²) in [6, 6.07) is 27.8. The van der Waals surface area contributed by atoms with Gasteiger partial charge in [0.2, 0.25) is 6.79 Å². The normalized spacial score (nSPS) is 12.4. The van der Waals surface area contributed by atoms with Crippen molar-refractivity contribution in [3.05, 3.63) is 107 Å². The van der Waals surface area contributed by atoms with Crippen molar-refractivity contribution in [2.75, 3.05) is 11.7 Å². The highest BCUT2D eigenvalue weighted by molar-refractivity contribution is 5.98. The van der Waals surface area contributed by atoms with Crippen LogP contribution in [0.25, 0.3) is 11.3 Å². The fraction of sp³-hybridized carbons (Fsp3) is 0.179. The minimum absolute atomic E-state index is 0.171. The van der Waals surface area contributed by atoms with E-state index in [0.717, 1.165) is 16.8 Å².